The van der Waals surface area contributed by atoms with Crippen molar-refractivity contribution in [3.05, 3.63) is 45.9 Å². The normalized spacial score (nSPS) is 14.1. The lowest BCUT2D eigenvalue weighted by Gasteiger charge is -2.24. The molecule has 1 aromatic heterocycles. The lowest BCUT2D eigenvalue weighted by atomic mass is 9.98. The maximum absolute atomic E-state index is 11.3. The summed E-state index contributed by atoms with van der Waals surface area (Å²) in [6.45, 7) is 9.31. The van der Waals surface area contributed by atoms with Crippen molar-refractivity contribution in [2.75, 3.05) is 7.05 Å². The van der Waals surface area contributed by atoms with Gasteiger partial charge in [0.05, 0.1) is 15.6 Å². The Hall–Kier alpha value is -1.28. The summed E-state index contributed by atoms with van der Waals surface area (Å²) >= 11 is 1.69. The largest absolute Gasteiger partial charge is 0.294 e. The maximum Gasteiger partial charge on any atom is 0.238 e. The Bertz CT molecular complexity index is 790. The van der Waals surface area contributed by atoms with Gasteiger partial charge in [0.25, 0.3) is 0 Å². The van der Waals surface area contributed by atoms with E-state index in [2.05, 4.69) is 38.0 Å². The van der Waals surface area contributed by atoms with Crippen LogP contribution in [-0.2, 0) is 22.0 Å². The van der Waals surface area contributed by atoms with Crippen molar-refractivity contribution in [3.63, 3.8) is 0 Å². The van der Waals surface area contributed by atoms with Crippen molar-refractivity contribution >= 4 is 21.4 Å². The summed E-state index contributed by atoms with van der Waals surface area (Å²) in [5.41, 5.74) is 2.16. The number of thiazole rings is 1. The fourth-order valence-electron chi connectivity index (χ4n) is 2.31. The fraction of sp³-hybridized carbons (Fsp3) is 0.471. The molecule has 132 valence electrons. The van der Waals surface area contributed by atoms with Crippen LogP contribution in [0.1, 0.15) is 50.0 Å². The van der Waals surface area contributed by atoms with Gasteiger partial charge in [0.15, 0.2) is 0 Å². The third-order valence-electron chi connectivity index (χ3n) is 3.96. The average molecular weight is 368 g/mol. The Labute approximate surface area is 148 Å². The van der Waals surface area contributed by atoms with E-state index in [0.29, 0.717) is 0 Å². The van der Waals surface area contributed by atoms with Gasteiger partial charge in [-0.15, -0.1) is 11.3 Å². The molecule has 0 aliphatic rings. The van der Waals surface area contributed by atoms with Gasteiger partial charge >= 0.3 is 0 Å². The van der Waals surface area contributed by atoms with Crippen molar-refractivity contribution < 1.29 is 8.42 Å². The first-order valence-electron chi connectivity index (χ1n) is 7.76. The van der Waals surface area contributed by atoms with E-state index in [-0.39, 0.29) is 16.4 Å². The number of hydrogen-bond acceptors (Lipinski definition) is 5. The lowest BCUT2D eigenvalue weighted by Crippen LogP contribution is -2.22. The molecule has 0 aliphatic carbocycles. The van der Waals surface area contributed by atoms with Gasteiger partial charge in [0.1, 0.15) is 0 Å². The molecule has 0 spiro atoms. The van der Waals surface area contributed by atoms with E-state index in [1.165, 1.54) is 0 Å². The number of sulfonamides is 1. The molecule has 0 fully saturated rings. The quantitative estimate of drug-likeness (QED) is 0.880. The SMILES string of the molecule is C[C@H](c1ccc(S(N)(=O)=O)cc1)N(C)Cc1csc(C(C)(C)C)n1. The molecule has 1 heterocycles. The molecule has 0 bridgehead atoms. The lowest BCUT2D eigenvalue weighted by molar-refractivity contribution is 0.250. The molecule has 2 aromatic rings. The molecule has 0 unspecified atom stereocenters. The Balaban J connectivity index is 2.09. The van der Waals surface area contributed by atoms with Gasteiger partial charge in [-0.25, -0.2) is 18.5 Å². The Morgan fingerprint density at radius 2 is 1.83 bits per heavy atom. The predicted octanol–water partition coefficient (Wildman–Crippen LogP) is 3.28. The van der Waals surface area contributed by atoms with Crippen molar-refractivity contribution in [1.29, 1.82) is 0 Å². The summed E-state index contributed by atoms with van der Waals surface area (Å²) in [6, 6.07) is 6.86. The summed E-state index contributed by atoms with van der Waals surface area (Å²) < 4.78 is 22.7. The minimum atomic E-state index is -3.65. The Kier molecular flexibility index (Phi) is 5.49. The molecule has 0 amide bonds. The Morgan fingerprint density at radius 3 is 2.29 bits per heavy atom. The zero-order valence-electron chi connectivity index (χ0n) is 14.8. The number of rotatable bonds is 5. The van der Waals surface area contributed by atoms with Crippen LogP contribution >= 0.6 is 11.3 Å². The molecule has 2 N–H and O–H groups in total. The maximum atomic E-state index is 11.3. The second kappa shape index (κ2) is 6.92. The van der Waals surface area contributed by atoms with E-state index >= 15 is 0 Å². The topological polar surface area (TPSA) is 76.3 Å². The van der Waals surface area contributed by atoms with Gasteiger partial charge in [-0.1, -0.05) is 32.9 Å². The minimum absolute atomic E-state index is 0.0661. The predicted molar refractivity (Wildman–Crippen MR) is 98.5 cm³/mol. The fourth-order valence-corrected chi connectivity index (χ4v) is 3.72. The van der Waals surface area contributed by atoms with Crippen molar-refractivity contribution in [2.24, 2.45) is 5.14 Å². The zero-order valence-corrected chi connectivity index (χ0v) is 16.4. The van der Waals surface area contributed by atoms with E-state index in [1.807, 2.05) is 19.2 Å². The van der Waals surface area contributed by atoms with Crippen molar-refractivity contribution in [2.45, 2.75) is 50.6 Å². The van der Waals surface area contributed by atoms with E-state index in [4.69, 9.17) is 10.1 Å². The zero-order chi connectivity index (χ0) is 18.1. The van der Waals surface area contributed by atoms with Crippen LogP contribution < -0.4 is 5.14 Å². The standard InChI is InChI=1S/C17H25N3O2S2/c1-12(13-6-8-15(9-7-13)24(18,21)22)20(5)10-14-11-23-16(19-14)17(2,3)4/h6-9,11-12H,10H2,1-5H3,(H2,18,21,22)/t12-/m1/s1. The highest BCUT2D eigenvalue weighted by Crippen LogP contribution is 2.27. The number of benzene rings is 1. The summed E-state index contributed by atoms with van der Waals surface area (Å²) in [5.74, 6) is 0. The molecule has 0 saturated carbocycles. The smallest absolute Gasteiger partial charge is 0.238 e. The van der Waals surface area contributed by atoms with Crippen molar-refractivity contribution in [1.82, 2.24) is 9.88 Å². The van der Waals surface area contributed by atoms with Crippen LogP contribution in [0.3, 0.4) is 0 Å². The molecule has 7 heteroatoms. The van der Waals surface area contributed by atoms with Crippen LogP contribution in [-0.4, -0.2) is 25.3 Å². The minimum Gasteiger partial charge on any atom is -0.294 e. The van der Waals surface area contributed by atoms with Crippen LogP contribution in [0.15, 0.2) is 34.5 Å². The molecule has 2 rings (SSSR count). The van der Waals surface area contributed by atoms with Crippen LogP contribution in [0.25, 0.3) is 0 Å². The Morgan fingerprint density at radius 1 is 1.25 bits per heavy atom. The number of aromatic nitrogens is 1. The first-order valence-corrected chi connectivity index (χ1v) is 10.2. The molecule has 0 aliphatic heterocycles. The van der Waals surface area contributed by atoms with Gasteiger partial charge in [0, 0.05) is 23.4 Å². The number of hydrogen-bond donors (Lipinski definition) is 1. The van der Waals surface area contributed by atoms with Crippen LogP contribution in [0.4, 0.5) is 0 Å². The summed E-state index contributed by atoms with van der Waals surface area (Å²) in [4.78, 5) is 7.05. The van der Waals surface area contributed by atoms with Gasteiger partial charge in [0.2, 0.25) is 10.0 Å². The average Bonchev–Trinajstić information content (AvgIpc) is 2.94. The second-order valence-corrected chi connectivity index (χ2v) is 9.52. The third-order valence-corrected chi connectivity index (χ3v) is 6.20. The van der Waals surface area contributed by atoms with E-state index in [0.717, 1.165) is 22.8 Å². The summed E-state index contributed by atoms with van der Waals surface area (Å²) in [6.07, 6.45) is 0. The third kappa shape index (κ3) is 4.63. The van der Waals surface area contributed by atoms with E-state index in [1.54, 1.807) is 23.5 Å². The highest BCUT2D eigenvalue weighted by Gasteiger charge is 2.20. The van der Waals surface area contributed by atoms with Gasteiger partial charge < -0.3 is 0 Å². The molecule has 0 radical (unpaired) electrons. The highest BCUT2D eigenvalue weighted by atomic mass is 32.2. The number of nitrogens with two attached hydrogens (primary N) is 1. The van der Waals surface area contributed by atoms with Crippen LogP contribution in [0.5, 0.6) is 0 Å². The molecular weight excluding hydrogens is 342 g/mol. The molecule has 5 nitrogen and oxygen atoms in total. The monoisotopic (exact) mass is 367 g/mol. The van der Waals surface area contributed by atoms with Crippen molar-refractivity contribution in [3.8, 4) is 0 Å². The molecule has 24 heavy (non-hydrogen) atoms. The molecular formula is C17H25N3O2S2. The summed E-state index contributed by atoms with van der Waals surface area (Å²) in [7, 11) is -1.61. The van der Waals surface area contributed by atoms with Gasteiger partial charge in [-0.2, -0.15) is 0 Å². The highest BCUT2D eigenvalue weighted by molar-refractivity contribution is 7.89. The summed E-state index contributed by atoms with van der Waals surface area (Å²) in [5, 5.41) is 8.38. The van der Waals surface area contributed by atoms with E-state index in [9.17, 15) is 8.42 Å². The van der Waals surface area contributed by atoms with Gasteiger partial charge in [-0.05, 0) is 31.7 Å². The molecule has 0 saturated heterocycles. The molecule has 1 atom stereocenters. The van der Waals surface area contributed by atoms with Crippen LogP contribution in [0, 0.1) is 0 Å². The molecule has 1 aromatic carbocycles. The van der Waals surface area contributed by atoms with Crippen LogP contribution in [0.2, 0.25) is 0 Å². The number of primary sulfonamides is 1. The first kappa shape index (κ1) is 19.1. The van der Waals surface area contributed by atoms with Gasteiger partial charge in [-0.3, -0.25) is 4.90 Å². The first-order chi connectivity index (χ1) is 11.0. The second-order valence-electron chi connectivity index (χ2n) is 7.10. The van der Waals surface area contributed by atoms with E-state index < -0.39 is 10.0 Å². The number of nitrogens with zero attached hydrogens (tertiary/aromatic N) is 2.